The number of ether oxygens (including phenoxy) is 2. The minimum atomic E-state index is 0.0765. The molecular formula is C15H20N2O3. The number of carbonyl (C=O) groups excluding carboxylic acids is 1. The first kappa shape index (κ1) is 13.4. The maximum atomic E-state index is 12.3. The molecule has 0 bridgehead atoms. The molecule has 5 nitrogen and oxygen atoms in total. The molecule has 0 spiro atoms. The summed E-state index contributed by atoms with van der Waals surface area (Å²) in [5.41, 5.74) is 0. The Hall–Kier alpha value is -1.62. The second-order valence-corrected chi connectivity index (χ2v) is 5.39. The van der Waals surface area contributed by atoms with Crippen LogP contribution in [0.4, 0.5) is 0 Å². The van der Waals surface area contributed by atoms with Gasteiger partial charge in [0.1, 0.15) is 11.9 Å². The van der Waals surface area contributed by atoms with Crippen LogP contribution in [-0.2, 0) is 9.53 Å². The minimum absolute atomic E-state index is 0.0765. The first-order chi connectivity index (χ1) is 9.83. The third kappa shape index (κ3) is 3.10. The second-order valence-electron chi connectivity index (χ2n) is 5.39. The van der Waals surface area contributed by atoms with Crippen LogP contribution in [0.25, 0.3) is 0 Å². The van der Waals surface area contributed by atoms with Gasteiger partial charge in [0.25, 0.3) is 0 Å². The highest BCUT2D eigenvalue weighted by molar-refractivity contribution is 5.79. The van der Waals surface area contributed by atoms with Gasteiger partial charge in [-0.2, -0.15) is 0 Å². The summed E-state index contributed by atoms with van der Waals surface area (Å²) in [5.74, 6) is 1.19. The Morgan fingerprint density at radius 3 is 2.65 bits per heavy atom. The van der Waals surface area contributed by atoms with Crippen LogP contribution >= 0.6 is 0 Å². The molecular weight excluding hydrogens is 256 g/mol. The molecule has 108 valence electrons. The summed E-state index contributed by atoms with van der Waals surface area (Å²) in [6, 6.07) is 3.74. The molecule has 0 N–H and O–H groups in total. The highest BCUT2D eigenvalue weighted by atomic mass is 16.5. The molecule has 0 saturated carbocycles. The first-order valence-electron chi connectivity index (χ1n) is 7.26. The smallest absolute Gasteiger partial charge is 0.228 e. The van der Waals surface area contributed by atoms with Gasteiger partial charge < -0.3 is 14.4 Å². The monoisotopic (exact) mass is 276 g/mol. The molecule has 1 atom stereocenters. The molecule has 0 aromatic carbocycles. The topological polar surface area (TPSA) is 51.7 Å². The number of hydrogen-bond acceptors (Lipinski definition) is 4. The number of nitrogens with zero attached hydrogens (tertiary/aromatic N) is 2. The number of carbonyl (C=O) groups is 1. The van der Waals surface area contributed by atoms with Crippen molar-refractivity contribution >= 4 is 5.91 Å². The third-order valence-electron chi connectivity index (χ3n) is 3.99. The van der Waals surface area contributed by atoms with Crippen molar-refractivity contribution in [3.63, 3.8) is 0 Å². The van der Waals surface area contributed by atoms with E-state index in [9.17, 15) is 4.79 Å². The molecule has 0 radical (unpaired) electrons. The Bertz CT molecular complexity index is 438. The lowest BCUT2D eigenvalue weighted by molar-refractivity contribution is -0.137. The van der Waals surface area contributed by atoms with Crippen molar-refractivity contribution in [2.24, 2.45) is 5.92 Å². The second kappa shape index (κ2) is 6.22. The molecule has 0 unspecified atom stereocenters. The van der Waals surface area contributed by atoms with Crippen molar-refractivity contribution in [3.8, 4) is 5.75 Å². The number of piperidine rings is 1. The van der Waals surface area contributed by atoms with E-state index in [0.717, 1.165) is 44.7 Å². The van der Waals surface area contributed by atoms with Crippen molar-refractivity contribution in [1.29, 1.82) is 0 Å². The summed E-state index contributed by atoms with van der Waals surface area (Å²) in [4.78, 5) is 18.2. The third-order valence-corrected chi connectivity index (χ3v) is 3.99. The quantitative estimate of drug-likeness (QED) is 0.839. The number of likely N-dealkylation sites (tertiary alicyclic amines) is 1. The summed E-state index contributed by atoms with van der Waals surface area (Å²) in [5, 5.41) is 0. The molecule has 1 aromatic rings. The van der Waals surface area contributed by atoms with Gasteiger partial charge in [-0.3, -0.25) is 9.78 Å². The average molecular weight is 276 g/mol. The van der Waals surface area contributed by atoms with Crippen molar-refractivity contribution in [2.75, 3.05) is 26.3 Å². The molecule has 2 aliphatic rings. The Labute approximate surface area is 118 Å². The first-order valence-corrected chi connectivity index (χ1v) is 7.26. The van der Waals surface area contributed by atoms with Gasteiger partial charge in [-0.15, -0.1) is 0 Å². The van der Waals surface area contributed by atoms with Gasteiger partial charge in [0.15, 0.2) is 0 Å². The fourth-order valence-corrected chi connectivity index (χ4v) is 2.79. The molecule has 20 heavy (non-hydrogen) atoms. The highest BCUT2D eigenvalue weighted by Crippen LogP contribution is 2.21. The number of aromatic nitrogens is 1. The van der Waals surface area contributed by atoms with E-state index < -0.39 is 0 Å². The summed E-state index contributed by atoms with van der Waals surface area (Å²) >= 11 is 0. The lowest BCUT2D eigenvalue weighted by Crippen LogP contribution is -2.44. The van der Waals surface area contributed by atoms with Gasteiger partial charge in [-0.05, 0) is 18.6 Å². The van der Waals surface area contributed by atoms with Gasteiger partial charge >= 0.3 is 0 Å². The molecule has 1 amide bonds. The van der Waals surface area contributed by atoms with Crippen LogP contribution in [0.2, 0.25) is 0 Å². The van der Waals surface area contributed by atoms with Crippen molar-refractivity contribution in [2.45, 2.75) is 25.4 Å². The van der Waals surface area contributed by atoms with Crippen LogP contribution < -0.4 is 4.74 Å². The zero-order valence-electron chi connectivity index (χ0n) is 11.5. The molecule has 3 heterocycles. The molecule has 2 fully saturated rings. The zero-order valence-corrected chi connectivity index (χ0v) is 11.5. The van der Waals surface area contributed by atoms with Gasteiger partial charge in [0, 0.05) is 44.9 Å². The average Bonchev–Trinajstić information content (AvgIpc) is 3.03. The van der Waals surface area contributed by atoms with Crippen molar-refractivity contribution in [3.05, 3.63) is 24.5 Å². The molecule has 3 rings (SSSR count). The highest BCUT2D eigenvalue weighted by Gasteiger charge is 2.31. The van der Waals surface area contributed by atoms with E-state index in [4.69, 9.17) is 9.47 Å². The molecule has 2 aliphatic heterocycles. The zero-order chi connectivity index (χ0) is 13.8. The standard InChI is InChI=1S/C15H20N2O3/c18-15(12-5-10-19-11-12)17-8-3-14(4-9-17)20-13-1-6-16-7-2-13/h1-2,6-7,12,14H,3-5,8-11H2/t12-/m0/s1. The van der Waals surface area contributed by atoms with Gasteiger partial charge in [-0.1, -0.05) is 0 Å². The fourth-order valence-electron chi connectivity index (χ4n) is 2.79. The molecule has 5 heteroatoms. The minimum Gasteiger partial charge on any atom is -0.490 e. The van der Waals surface area contributed by atoms with E-state index in [1.54, 1.807) is 12.4 Å². The summed E-state index contributed by atoms with van der Waals surface area (Å²) in [6.45, 7) is 2.88. The predicted molar refractivity (Wildman–Crippen MR) is 73.4 cm³/mol. The lowest BCUT2D eigenvalue weighted by atomic mass is 10.0. The summed E-state index contributed by atoms with van der Waals surface area (Å²) < 4.78 is 11.2. The van der Waals surface area contributed by atoms with Gasteiger partial charge in [0.2, 0.25) is 5.91 Å². The van der Waals surface area contributed by atoms with E-state index >= 15 is 0 Å². The number of amides is 1. The predicted octanol–water partition coefficient (Wildman–Crippen LogP) is 1.49. The Morgan fingerprint density at radius 1 is 1.25 bits per heavy atom. The van der Waals surface area contributed by atoms with Gasteiger partial charge in [0.05, 0.1) is 12.5 Å². The molecule has 2 saturated heterocycles. The van der Waals surface area contributed by atoms with E-state index in [1.807, 2.05) is 17.0 Å². The maximum absolute atomic E-state index is 12.3. The number of pyridine rings is 1. The van der Waals surface area contributed by atoms with E-state index in [-0.39, 0.29) is 17.9 Å². The Morgan fingerprint density at radius 2 is 2.00 bits per heavy atom. The van der Waals surface area contributed by atoms with Crippen LogP contribution in [0.1, 0.15) is 19.3 Å². The van der Waals surface area contributed by atoms with Crippen LogP contribution in [0.3, 0.4) is 0 Å². The van der Waals surface area contributed by atoms with Crippen molar-refractivity contribution < 1.29 is 14.3 Å². The van der Waals surface area contributed by atoms with Crippen LogP contribution in [-0.4, -0.2) is 48.2 Å². The Kier molecular flexibility index (Phi) is 4.16. The van der Waals surface area contributed by atoms with Gasteiger partial charge in [-0.25, -0.2) is 0 Å². The maximum Gasteiger partial charge on any atom is 0.228 e. The van der Waals surface area contributed by atoms with E-state index in [2.05, 4.69) is 4.98 Å². The summed E-state index contributed by atoms with van der Waals surface area (Å²) in [6.07, 6.45) is 6.30. The lowest BCUT2D eigenvalue weighted by Gasteiger charge is -2.33. The number of rotatable bonds is 3. The largest absolute Gasteiger partial charge is 0.490 e. The number of hydrogen-bond donors (Lipinski definition) is 0. The van der Waals surface area contributed by atoms with Crippen molar-refractivity contribution in [1.82, 2.24) is 9.88 Å². The molecule has 1 aromatic heterocycles. The fraction of sp³-hybridized carbons (Fsp3) is 0.600. The normalized spacial score (nSPS) is 23.8. The van der Waals surface area contributed by atoms with Crippen LogP contribution in [0.15, 0.2) is 24.5 Å². The molecule has 0 aliphatic carbocycles. The summed E-state index contributed by atoms with van der Waals surface area (Å²) in [7, 11) is 0. The Balaban J connectivity index is 1.48. The van der Waals surface area contributed by atoms with E-state index in [1.165, 1.54) is 0 Å². The van der Waals surface area contributed by atoms with Crippen LogP contribution in [0, 0.1) is 5.92 Å². The van der Waals surface area contributed by atoms with E-state index in [0.29, 0.717) is 6.61 Å². The SMILES string of the molecule is O=C([C@H]1CCOC1)N1CCC(Oc2ccncc2)CC1. The van der Waals surface area contributed by atoms with Crippen LogP contribution in [0.5, 0.6) is 5.75 Å².